The van der Waals surface area contributed by atoms with E-state index >= 15 is 0 Å². The van der Waals surface area contributed by atoms with E-state index in [1.54, 1.807) is 12.1 Å². The van der Waals surface area contributed by atoms with Crippen LogP contribution in [0, 0.1) is 11.8 Å². The van der Waals surface area contributed by atoms with Crippen LogP contribution in [-0.2, 0) is 43.8 Å². The maximum absolute atomic E-state index is 13.1. The number of nitrogens with one attached hydrogen (secondary N) is 2. The van der Waals surface area contributed by atoms with Crippen molar-refractivity contribution in [2.24, 2.45) is 11.8 Å². The Balaban J connectivity index is 1.07. The lowest BCUT2D eigenvalue weighted by atomic mass is 9.59. The largest absolute Gasteiger partial charge is 0.493 e. The standard InChI is InChI=1S/C49H58ClN3O8/c1-31(29-61-43-17-22-51-41-14-7-9-32(2)45(41)43)23-35-25-34-15-16-38(60-30-39(59-3)28-44(54)52-42(46(55)56)24-33-10-5-4-6-11-33)27-40(34)48(35)18-20-49(21-19-48,47(57)58)53-37-13-8-12-36(50)26-37/h4-6,8,10-13,15-17,22,26-27,31-32,35,39,42,53H,7,9,14,18-21,23-25,28-30H2,1-3H3,(H,52,54)(H,55,56)(H,57,58)/t31-,32-,35+,39?,42-,48?,49?/m1/s1. The molecule has 7 rings (SSSR count). The molecule has 1 heterocycles. The lowest BCUT2D eigenvalue weighted by molar-refractivity contribution is -0.144. The van der Waals surface area contributed by atoms with Gasteiger partial charge in [-0.15, -0.1) is 0 Å². The van der Waals surface area contributed by atoms with Crippen molar-refractivity contribution in [1.82, 2.24) is 10.3 Å². The van der Waals surface area contributed by atoms with Crippen LogP contribution in [-0.4, -0.2) is 71.1 Å². The fraction of sp³-hybridized carbons (Fsp3) is 0.469. The first-order valence-electron chi connectivity index (χ1n) is 21.6. The number of hydrogen-bond donors (Lipinski definition) is 4. The number of anilines is 1. The Hall–Kier alpha value is -5.13. The summed E-state index contributed by atoms with van der Waals surface area (Å²) in [7, 11) is 1.51. The van der Waals surface area contributed by atoms with E-state index in [2.05, 4.69) is 41.6 Å². The fourth-order valence-electron chi connectivity index (χ4n) is 10.1. The molecule has 0 aliphatic heterocycles. The van der Waals surface area contributed by atoms with Gasteiger partial charge in [0.1, 0.15) is 29.7 Å². The van der Waals surface area contributed by atoms with Crippen molar-refractivity contribution in [3.8, 4) is 11.5 Å². The summed E-state index contributed by atoms with van der Waals surface area (Å²) in [6.07, 6.45) is 8.49. The predicted molar refractivity (Wildman–Crippen MR) is 235 cm³/mol. The molecule has 1 spiro atoms. The molecule has 3 aromatic carbocycles. The van der Waals surface area contributed by atoms with Crippen LogP contribution in [0.5, 0.6) is 11.5 Å². The number of carbonyl (C=O) groups excluding carboxylic acids is 1. The number of rotatable bonds is 18. The number of hydrogen-bond acceptors (Lipinski definition) is 8. The van der Waals surface area contributed by atoms with Crippen LogP contribution in [0.4, 0.5) is 5.69 Å². The number of carbonyl (C=O) groups is 3. The molecule has 3 aliphatic rings. The van der Waals surface area contributed by atoms with Crippen molar-refractivity contribution >= 4 is 35.1 Å². The highest BCUT2D eigenvalue weighted by Gasteiger charge is 2.54. The number of halogens is 1. The molecule has 0 bridgehead atoms. The second-order valence-corrected chi connectivity index (χ2v) is 18.0. The molecule has 4 N–H and O–H groups in total. The Bertz CT molecular complexity index is 2170. The van der Waals surface area contributed by atoms with Gasteiger partial charge in [-0.3, -0.25) is 9.78 Å². The molecule has 1 amide bonds. The number of aryl methyl sites for hydroxylation is 1. The van der Waals surface area contributed by atoms with Gasteiger partial charge in [0.15, 0.2) is 0 Å². The smallest absolute Gasteiger partial charge is 0.329 e. The molecular formula is C49H58ClN3O8. The summed E-state index contributed by atoms with van der Waals surface area (Å²) < 4.78 is 18.6. The van der Waals surface area contributed by atoms with E-state index in [1.165, 1.54) is 23.8 Å². The van der Waals surface area contributed by atoms with E-state index in [0.29, 0.717) is 54.7 Å². The normalized spacial score (nSPS) is 23.2. The molecule has 0 saturated heterocycles. The van der Waals surface area contributed by atoms with Gasteiger partial charge in [0.25, 0.3) is 0 Å². The summed E-state index contributed by atoms with van der Waals surface area (Å²) in [5, 5.41) is 27.1. The molecule has 5 atom stereocenters. The third-order valence-corrected chi connectivity index (χ3v) is 13.6. The van der Waals surface area contributed by atoms with Crippen molar-refractivity contribution in [3.05, 3.63) is 118 Å². The molecule has 3 aliphatic carbocycles. The number of benzene rings is 3. The second-order valence-electron chi connectivity index (χ2n) is 17.5. The van der Waals surface area contributed by atoms with Crippen LogP contribution < -0.4 is 20.1 Å². The number of fused-ring (bicyclic) bond motifs is 3. The van der Waals surface area contributed by atoms with E-state index < -0.39 is 35.5 Å². The summed E-state index contributed by atoms with van der Waals surface area (Å²) in [6.45, 7) is 5.15. The van der Waals surface area contributed by atoms with Gasteiger partial charge in [0, 0.05) is 41.7 Å². The number of aromatic nitrogens is 1. The quantitative estimate of drug-likeness (QED) is 0.0763. The highest BCUT2D eigenvalue weighted by Crippen LogP contribution is 2.57. The number of nitrogens with zero attached hydrogens (tertiary/aromatic N) is 1. The highest BCUT2D eigenvalue weighted by atomic mass is 35.5. The molecule has 1 aromatic heterocycles. The number of methoxy groups -OCH3 is 1. The molecule has 4 aromatic rings. The van der Waals surface area contributed by atoms with Crippen molar-refractivity contribution in [3.63, 3.8) is 0 Å². The summed E-state index contributed by atoms with van der Waals surface area (Å²) in [5.41, 5.74) is 4.83. The molecule has 1 unspecified atom stereocenters. The van der Waals surface area contributed by atoms with Gasteiger partial charge in [-0.05, 0) is 134 Å². The van der Waals surface area contributed by atoms with Gasteiger partial charge >= 0.3 is 11.9 Å². The van der Waals surface area contributed by atoms with E-state index in [0.717, 1.165) is 49.1 Å². The van der Waals surface area contributed by atoms with E-state index in [1.807, 2.05) is 60.8 Å². The molecule has 0 radical (unpaired) electrons. The second kappa shape index (κ2) is 19.3. The van der Waals surface area contributed by atoms with Gasteiger partial charge in [-0.1, -0.05) is 67.9 Å². The third kappa shape index (κ3) is 10.2. The lowest BCUT2D eigenvalue weighted by Crippen LogP contribution is -2.53. The fourth-order valence-corrected chi connectivity index (χ4v) is 10.3. The van der Waals surface area contributed by atoms with Crippen molar-refractivity contribution < 1.29 is 38.8 Å². The average molecular weight is 852 g/mol. The number of carboxylic acid groups (broad SMARTS) is 2. The van der Waals surface area contributed by atoms with Gasteiger partial charge < -0.3 is 35.1 Å². The van der Waals surface area contributed by atoms with Crippen LogP contribution in [0.1, 0.15) is 99.1 Å². The zero-order valence-electron chi connectivity index (χ0n) is 35.3. The van der Waals surface area contributed by atoms with Crippen LogP contribution >= 0.6 is 11.6 Å². The molecule has 324 valence electrons. The third-order valence-electron chi connectivity index (χ3n) is 13.4. The number of ether oxygens (including phenoxy) is 3. The Kier molecular flexibility index (Phi) is 13.9. The minimum atomic E-state index is -1.16. The predicted octanol–water partition coefficient (Wildman–Crippen LogP) is 8.80. The van der Waals surface area contributed by atoms with Crippen LogP contribution in [0.3, 0.4) is 0 Å². The number of pyridine rings is 1. The van der Waals surface area contributed by atoms with Gasteiger partial charge in [0.05, 0.1) is 19.1 Å². The first-order chi connectivity index (χ1) is 29.4. The zero-order chi connectivity index (χ0) is 43.1. The maximum atomic E-state index is 13.1. The number of carboxylic acids is 2. The van der Waals surface area contributed by atoms with Gasteiger partial charge in [-0.2, -0.15) is 0 Å². The summed E-state index contributed by atoms with van der Waals surface area (Å²) in [5.74, 6) is 0.0210. The molecular weight excluding hydrogens is 794 g/mol. The highest BCUT2D eigenvalue weighted by molar-refractivity contribution is 6.30. The Morgan fingerprint density at radius 2 is 1.74 bits per heavy atom. The SMILES string of the molecule is COC(COc1ccc2c(c1)C1(CCC(Nc3cccc(Cl)c3)(C(=O)O)CC1)[C@@H](C[C@@H](C)COc1ccnc3c1[C@H](C)CCC3)C2)CC(=O)N[C@H](Cc1ccccc1)C(=O)O. The first kappa shape index (κ1) is 43.9. The lowest BCUT2D eigenvalue weighted by Gasteiger charge is -2.47. The molecule has 1 fully saturated rings. The van der Waals surface area contributed by atoms with Gasteiger partial charge in [0.2, 0.25) is 5.91 Å². The summed E-state index contributed by atoms with van der Waals surface area (Å²) in [6, 6.07) is 23.5. The van der Waals surface area contributed by atoms with Crippen LogP contribution in [0.2, 0.25) is 5.02 Å². The summed E-state index contributed by atoms with van der Waals surface area (Å²) >= 11 is 6.31. The molecule has 11 nitrogen and oxygen atoms in total. The minimum absolute atomic E-state index is 0.0763. The monoisotopic (exact) mass is 851 g/mol. The van der Waals surface area contributed by atoms with Gasteiger partial charge in [-0.25, -0.2) is 9.59 Å². The van der Waals surface area contributed by atoms with E-state index in [9.17, 15) is 24.6 Å². The first-order valence-corrected chi connectivity index (χ1v) is 22.0. The Labute approximate surface area is 363 Å². The zero-order valence-corrected chi connectivity index (χ0v) is 36.1. The van der Waals surface area contributed by atoms with Crippen LogP contribution in [0.15, 0.2) is 85.1 Å². The molecule has 1 saturated carbocycles. The molecule has 12 heteroatoms. The Morgan fingerprint density at radius 3 is 2.46 bits per heavy atom. The average Bonchev–Trinajstić information content (AvgIpc) is 3.53. The Morgan fingerprint density at radius 1 is 0.951 bits per heavy atom. The topological polar surface area (TPSA) is 156 Å². The van der Waals surface area contributed by atoms with Crippen molar-refractivity contribution in [2.75, 3.05) is 25.6 Å². The van der Waals surface area contributed by atoms with Crippen LogP contribution in [0.25, 0.3) is 0 Å². The minimum Gasteiger partial charge on any atom is -0.493 e. The van der Waals surface area contributed by atoms with E-state index in [4.69, 9.17) is 25.8 Å². The number of amides is 1. The maximum Gasteiger partial charge on any atom is 0.329 e. The van der Waals surface area contributed by atoms with Crippen molar-refractivity contribution in [1.29, 1.82) is 0 Å². The van der Waals surface area contributed by atoms with Crippen molar-refractivity contribution in [2.45, 2.75) is 113 Å². The summed E-state index contributed by atoms with van der Waals surface area (Å²) in [4.78, 5) is 42.8. The molecule has 61 heavy (non-hydrogen) atoms. The number of aliphatic carboxylic acids is 2. The van der Waals surface area contributed by atoms with E-state index in [-0.39, 0.29) is 36.7 Å².